The Hall–Kier alpha value is -2.67. The minimum absolute atomic E-state index is 0.172. The van der Waals surface area contributed by atoms with E-state index in [1.807, 2.05) is 53.4 Å². The van der Waals surface area contributed by atoms with E-state index in [4.69, 9.17) is 11.6 Å². The van der Waals surface area contributed by atoms with Crippen molar-refractivity contribution in [2.75, 3.05) is 6.54 Å². The zero-order valence-electron chi connectivity index (χ0n) is 16.9. The molecule has 0 radical (unpaired) electrons. The molecule has 0 saturated carbocycles. The molecular formula is C24H23ClN2O3S. The maximum absolute atomic E-state index is 12.6. The Morgan fingerprint density at radius 2 is 1.65 bits per heavy atom. The predicted octanol–water partition coefficient (Wildman–Crippen LogP) is 4.61. The molecule has 0 aromatic heterocycles. The number of benzene rings is 3. The molecule has 3 aromatic rings. The molecule has 1 aliphatic heterocycles. The van der Waals surface area contributed by atoms with Crippen molar-refractivity contribution in [1.29, 1.82) is 0 Å². The summed E-state index contributed by atoms with van der Waals surface area (Å²) in [5.41, 5.74) is 3.92. The van der Waals surface area contributed by atoms with Crippen LogP contribution in [-0.2, 0) is 27.9 Å². The van der Waals surface area contributed by atoms with Gasteiger partial charge >= 0.3 is 0 Å². The fraction of sp³-hybridized carbons (Fsp3) is 0.208. The zero-order chi connectivity index (χ0) is 21.8. The molecule has 0 bridgehead atoms. The molecular weight excluding hydrogens is 432 g/mol. The quantitative estimate of drug-likeness (QED) is 0.567. The first kappa shape index (κ1) is 21.6. The van der Waals surface area contributed by atoms with Crippen molar-refractivity contribution in [2.24, 2.45) is 0 Å². The monoisotopic (exact) mass is 454 g/mol. The number of nitrogens with one attached hydrogen (secondary N) is 1. The molecule has 1 amide bonds. The smallest absolute Gasteiger partial charge is 0.240 e. The van der Waals surface area contributed by atoms with Crippen molar-refractivity contribution in [1.82, 2.24) is 9.62 Å². The van der Waals surface area contributed by atoms with E-state index in [0.717, 1.165) is 35.2 Å². The van der Waals surface area contributed by atoms with Gasteiger partial charge in [-0.05, 0) is 52.9 Å². The molecule has 4 rings (SSSR count). The van der Waals surface area contributed by atoms with Gasteiger partial charge in [-0.1, -0.05) is 60.1 Å². The van der Waals surface area contributed by atoms with Gasteiger partial charge in [-0.25, -0.2) is 13.1 Å². The van der Waals surface area contributed by atoms with Crippen LogP contribution in [0.1, 0.15) is 24.0 Å². The Morgan fingerprint density at radius 1 is 0.935 bits per heavy atom. The van der Waals surface area contributed by atoms with Crippen LogP contribution in [0, 0.1) is 0 Å². The molecule has 0 unspecified atom stereocenters. The van der Waals surface area contributed by atoms with E-state index in [0.29, 0.717) is 18.0 Å². The lowest BCUT2D eigenvalue weighted by Crippen LogP contribution is -2.23. The second-order valence-electron chi connectivity index (χ2n) is 7.55. The second-order valence-corrected chi connectivity index (χ2v) is 9.75. The summed E-state index contributed by atoms with van der Waals surface area (Å²) in [6.45, 7) is 1.62. The normalized spacial score (nSPS) is 14.2. The molecule has 1 N–H and O–H groups in total. The van der Waals surface area contributed by atoms with Gasteiger partial charge < -0.3 is 4.90 Å². The Kier molecular flexibility index (Phi) is 6.41. The molecule has 0 aliphatic carbocycles. The topological polar surface area (TPSA) is 66.5 Å². The third-order valence-corrected chi connectivity index (χ3v) is 7.07. The van der Waals surface area contributed by atoms with Gasteiger partial charge in [-0.15, -0.1) is 0 Å². The van der Waals surface area contributed by atoms with Gasteiger partial charge in [0.15, 0.2) is 0 Å². The highest BCUT2D eigenvalue weighted by molar-refractivity contribution is 7.89. The van der Waals surface area contributed by atoms with Crippen LogP contribution in [0.4, 0.5) is 0 Å². The summed E-state index contributed by atoms with van der Waals surface area (Å²) in [6, 6.07) is 21.9. The van der Waals surface area contributed by atoms with Gasteiger partial charge in [0.05, 0.1) is 4.90 Å². The molecule has 1 aliphatic rings. The number of amides is 1. The van der Waals surface area contributed by atoms with Crippen LogP contribution < -0.4 is 4.72 Å². The largest absolute Gasteiger partial charge is 0.338 e. The van der Waals surface area contributed by atoms with Gasteiger partial charge in [-0.3, -0.25) is 4.79 Å². The summed E-state index contributed by atoms with van der Waals surface area (Å²) in [7, 11) is -3.65. The van der Waals surface area contributed by atoms with E-state index in [2.05, 4.69) is 4.72 Å². The zero-order valence-corrected chi connectivity index (χ0v) is 18.5. The van der Waals surface area contributed by atoms with E-state index in [1.165, 1.54) is 12.1 Å². The molecule has 0 atom stereocenters. The van der Waals surface area contributed by atoms with Gasteiger partial charge in [0.25, 0.3) is 0 Å². The van der Waals surface area contributed by atoms with E-state index >= 15 is 0 Å². The second kappa shape index (κ2) is 9.22. The summed E-state index contributed by atoms with van der Waals surface area (Å²) in [5.74, 6) is 0.211. The number of halogens is 1. The minimum Gasteiger partial charge on any atom is -0.338 e. The average Bonchev–Trinajstić information content (AvgIpc) is 3.18. The van der Waals surface area contributed by atoms with E-state index in [-0.39, 0.29) is 17.3 Å². The van der Waals surface area contributed by atoms with Crippen molar-refractivity contribution < 1.29 is 13.2 Å². The van der Waals surface area contributed by atoms with Crippen molar-refractivity contribution >= 4 is 27.5 Å². The molecule has 160 valence electrons. The van der Waals surface area contributed by atoms with Crippen LogP contribution in [0.15, 0.2) is 77.7 Å². The van der Waals surface area contributed by atoms with E-state index < -0.39 is 10.0 Å². The maximum Gasteiger partial charge on any atom is 0.240 e. The predicted molar refractivity (Wildman–Crippen MR) is 122 cm³/mol. The Morgan fingerprint density at radius 3 is 2.32 bits per heavy atom. The fourth-order valence-corrected chi connectivity index (χ4v) is 4.84. The molecule has 1 fully saturated rings. The number of carbonyl (C=O) groups is 1. The lowest BCUT2D eigenvalue weighted by Gasteiger charge is -2.16. The Bertz CT molecular complexity index is 1180. The number of nitrogens with zero attached hydrogens (tertiary/aromatic N) is 1. The SMILES string of the molecule is O=C1CCCN1Cc1ccc(-c2ccccc2CNS(=O)(=O)c2ccc(Cl)cc2)cc1. The maximum atomic E-state index is 12.6. The van der Waals surface area contributed by atoms with Gasteiger partial charge in [-0.2, -0.15) is 0 Å². The number of carbonyl (C=O) groups excluding carboxylic acids is 1. The van der Waals surface area contributed by atoms with Crippen molar-refractivity contribution in [3.05, 3.63) is 88.9 Å². The van der Waals surface area contributed by atoms with Crippen molar-refractivity contribution in [3.8, 4) is 11.1 Å². The van der Waals surface area contributed by atoms with E-state index in [9.17, 15) is 13.2 Å². The summed E-state index contributed by atoms with van der Waals surface area (Å²) in [5, 5.41) is 0.488. The lowest BCUT2D eigenvalue weighted by molar-refractivity contribution is -0.128. The molecule has 0 spiro atoms. The first-order valence-electron chi connectivity index (χ1n) is 10.1. The highest BCUT2D eigenvalue weighted by Gasteiger charge is 2.20. The van der Waals surface area contributed by atoms with E-state index in [1.54, 1.807) is 12.1 Å². The summed E-state index contributed by atoms with van der Waals surface area (Å²) in [6.07, 6.45) is 1.56. The van der Waals surface area contributed by atoms with Crippen LogP contribution in [0.3, 0.4) is 0 Å². The van der Waals surface area contributed by atoms with Crippen LogP contribution in [0.2, 0.25) is 5.02 Å². The van der Waals surface area contributed by atoms with Gasteiger partial charge in [0, 0.05) is 31.1 Å². The fourth-order valence-electron chi connectivity index (χ4n) is 3.71. The van der Waals surface area contributed by atoms with Gasteiger partial charge in [0.1, 0.15) is 0 Å². The number of likely N-dealkylation sites (tertiary alicyclic amines) is 1. The van der Waals surface area contributed by atoms with Crippen LogP contribution >= 0.6 is 11.6 Å². The standard InChI is InChI=1S/C24H23ClN2O3S/c25-21-11-13-22(14-12-21)31(29,30)26-16-20-4-1-2-5-23(20)19-9-7-18(8-10-19)17-27-15-3-6-24(27)28/h1-2,4-5,7-14,26H,3,6,15-17H2. The third kappa shape index (κ3) is 5.15. The Balaban J connectivity index is 1.49. The number of rotatable bonds is 7. The average molecular weight is 455 g/mol. The van der Waals surface area contributed by atoms with Crippen LogP contribution in [0.25, 0.3) is 11.1 Å². The highest BCUT2D eigenvalue weighted by Crippen LogP contribution is 2.25. The summed E-state index contributed by atoms with van der Waals surface area (Å²) >= 11 is 5.85. The number of hydrogen-bond acceptors (Lipinski definition) is 3. The summed E-state index contributed by atoms with van der Waals surface area (Å²) < 4.78 is 27.9. The van der Waals surface area contributed by atoms with Crippen LogP contribution in [0.5, 0.6) is 0 Å². The van der Waals surface area contributed by atoms with Crippen molar-refractivity contribution in [3.63, 3.8) is 0 Å². The first-order chi connectivity index (χ1) is 14.9. The lowest BCUT2D eigenvalue weighted by atomic mass is 9.98. The summed E-state index contributed by atoms with van der Waals surface area (Å²) in [4.78, 5) is 13.9. The van der Waals surface area contributed by atoms with Crippen molar-refractivity contribution in [2.45, 2.75) is 30.8 Å². The van der Waals surface area contributed by atoms with Crippen LogP contribution in [-0.4, -0.2) is 25.8 Å². The molecule has 5 nitrogen and oxygen atoms in total. The highest BCUT2D eigenvalue weighted by atomic mass is 35.5. The minimum atomic E-state index is -3.65. The third-order valence-electron chi connectivity index (χ3n) is 5.40. The number of hydrogen-bond donors (Lipinski definition) is 1. The molecule has 31 heavy (non-hydrogen) atoms. The molecule has 7 heteroatoms. The Labute approximate surface area is 187 Å². The molecule has 1 saturated heterocycles. The van der Waals surface area contributed by atoms with Gasteiger partial charge in [0.2, 0.25) is 15.9 Å². The number of sulfonamides is 1. The molecule has 1 heterocycles. The molecule has 3 aromatic carbocycles. The first-order valence-corrected chi connectivity index (χ1v) is 12.0.